The molecule has 1 aliphatic heterocycles. The number of aryl methyl sites for hydroxylation is 1. The van der Waals surface area contributed by atoms with Crippen LogP contribution in [-0.4, -0.2) is 62.4 Å². The molecule has 0 aliphatic carbocycles. The van der Waals surface area contributed by atoms with Crippen molar-refractivity contribution in [2.24, 2.45) is 5.73 Å². The molecule has 0 bridgehead atoms. The minimum Gasteiger partial charge on any atom is -0.383 e. The van der Waals surface area contributed by atoms with E-state index in [0.29, 0.717) is 54.3 Å². The number of fused-ring (bicyclic) bond motifs is 1. The summed E-state index contributed by atoms with van der Waals surface area (Å²) in [6.45, 7) is 6.03. The Bertz CT molecular complexity index is 1540. The van der Waals surface area contributed by atoms with E-state index in [9.17, 15) is 9.59 Å². The molecule has 4 aromatic rings. The highest BCUT2D eigenvalue weighted by atomic mass is 16.5. The standard InChI is InChI=1S/C29H32N6O4/c1-18-15-19(3-8-22(18)27(30)36)24-17-32-29(37)26-23(24)16-25(31-9-12-38-2)34-28(26)33-20-4-6-21(7-5-20)35-10-13-39-14-11-35/h3-8,15-17H,9-14H2,1-2H3,(H2,30,36)(H,32,37)(H2,31,33,34). The first-order valence-corrected chi connectivity index (χ1v) is 12.8. The molecule has 1 saturated heterocycles. The van der Waals surface area contributed by atoms with Crippen LogP contribution in [0.4, 0.5) is 23.0 Å². The highest BCUT2D eigenvalue weighted by Gasteiger charge is 2.17. The lowest BCUT2D eigenvalue weighted by molar-refractivity contribution is 0.0999. The molecular formula is C29H32N6O4. The van der Waals surface area contributed by atoms with Crippen LogP contribution in [0.5, 0.6) is 0 Å². The molecule has 3 heterocycles. The Labute approximate surface area is 226 Å². The van der Waals surface area contributed by atoms with Crippen molar-refractivity contribution >= 4 is 39.7 Å². The van der Waals surface area contributed by atoms with Crippen molar-refractivity contribution in [3.63, 3.8) is 0 Å². The number of carbonyl (C=O) groups is 1. The van der Waals surface area contributed by atoms with Crippen LogP contribution in [0.2, 0.25) is 0 Å². The highest BCUT2D eigenvalue weighted by Crippen LogP contribution is 2.33. The lowest BCUT2D eigenvalue weighted by Crippen LogP contribution is -2.36. The van der Waals surface area contributed by atoms with Gasteiger partial charge in [0.25, 0.3) is 5.56 Å². The SMILES string of the molecule is COCCNc1cc2c(-c3ccc(C(N)=O)c(C)c3)c[nH]c(=O)c2c(Nc2ccc(N3CCOCC3)cc2)n1. The molecule has 2 aromatic carbocycles. The van der Waals surface area contributed by atoms with Gasteiger partial charge in [0.1, 0.15) is 11.6 Å². The van der Waals surface area contributed by atoms with E-state index < -0.39 is 5.91 Å². The number of rotatable bonds is 9. The van der Waals surface area contributed by atoms with Crippen LogP contribution in [0, 0.1) is 6.92 Å². The number of anilines is 4. The van der Waals surface area contributed by atoms with E-state index in [0.717, 1.165) is 41.2 Å². The molecular weight excluding hydrogens is 496 g/mol. The highest BCUT2D eigenvalue weighted by molar-refractivity contribution is 6.03. The topological polar surface area (TPSA) is 135 Å². The monoisotopic (exact) mass is 528 g/mol. The summed E-state index contributed by atoms with van der Waals surface area (Å²) in [5, 5.41) is 7.78. The number of H-pyrrole nitrogens is 1. The summed E-state index contributed by atoms with van der Waals surface area (Å²) in [6, 6.07) is 15.3. The van der Waals surface area contributed by atoms with E-state index in [4.69, 9.17) is 20.2 Å². The molecule has 10 nitrogen and oxygen atoms in total. The molecule has 0 unspecified atom stereocenters. The van der Waals surface area contributed by atoms with Gasteiger partial charge in [0.2, 0.25) is 5.91 Å². The summed E-state index contributed by atoms with van der Waals surface area (Å²) in [4.78, 5) is 34.8. The number of morpholine rings is 1. The Morgan fingerprint density at radius 3 is 2.62 bits per heavy atom. The molecule has 5 rings (SSSR count). The number of pyridine rings is 2. The van der Waals surface area contributed by atoms with E-state index >= 15 is 0 Å². The van der Waals surface area contributed by atoms with Crippen LogP contribution in [0.15, 0.2) is 59.5 Å². The number of aromatic amines is 1. The molecule has 5 N–H and O–H groups in total. The largest absolute Gasteiger partial charge is 0.383 e. The summed E-state index contributed by atoms with van der Waals surface area (Å²) < 4.78 is 10.6. The Morgan fingerprint density at radius 2 is 1.92 bits per heavy atom. The van der Waals surface area contributed by atoms with Crippen molar-refractivity contribution in [1.82, 2.24) is 9.97 Å². The van der Waals surface area contributed by atoms with Gasteiger partial charge < -0.3 is 35.7 Å². The van der Waals surface area contributed by atoms with E-state index in [1.807, 2.05) is 37.3 Å². The van der Waals surface area contributed by atoms with E-state index in [1.54, 1.807) is 19.4 Å². The maximum Gasteiger partial charge on any atom is 0.259 e. The van der Waals surface area contributed by atoms with Crippen molar-refractivity contribution in [3.05, 3.63) is 76.2 Å². The van der Waals surface area contributed by atoms with Crippen molar-refractivity contribution in [1.29, 1.82) is 0 Å². The maximum atomic E-state index is 13.2. The van der Waals surface area contributed by atoms with Crippen molar-refractivity contribution in [3.8, 4) is 11.1 Å². The molecule has 39 heavy (non-hydrogen) atoms. The molecule has 2 aromatic heterocycles. The van der Waals surface area contributed by atoms with Gasteiger partial charge in [-0.15, -0.1) is 0 Å². The first-order chi connectivity index (χ1) is 18.9. The third-order valence-electron chi connectivity index (χ3n) is 6.81. The summed E-state index contributed by atoms with van der Waals surface area (Å²) in [5.41, 5.74) is 10.0. The average molecular weight is 529 g/mol. The first-order valence-electron chi connectivity index (χ1n) is 12.8. The molecule has 0 spiro atoms. The summed E-state index contributed by atoms with van der Waals surface area (Å²) in [7, 11) is 1.64. The molecule has 1 aliphatic rings. The van der Waals surface area contributed by atoms with Gasteiger partial charge in [-0.25, -0.2) is 4.98 Å². The Kier molecular flexibility index (Phi) is 7.76. The fraction of sp³-hybridized carbons (Fsp3) is 0.276. The number of aromatic nitrogens is 2. The zero-order chi connectivity index (χ0) is 27.4. The number of ether oxygens (including phenoxy) is 2. The minimum atomic E-state index is -0.481. The Balaban J connectivity index is 1.57. The van der Waals surface area contributed by atoms with E-state index in [2.05, 4.69) is 32.7 Å². The summed E-state index contributed by atoms with van der Waals surface area (Å²) >= 11 is 0. The van der Waals surface area contributed by atoms with Crippen molar-refractivity contribution in [2.45, 2.75) is 6.92 Å². The smallest absolute Gasteiger partial charge is 0.259 e. The molecule has 0 saturated carbocycles. The summed E-state index contributed by atoms with van der Waals surface area (Å²) in [6.07, 6.45) is 1.68. The number of nitrogens with zero attached hydrogens (tertiary/aromatic N) is 2. The van der Waals surface area contributed by atoms with Gasteiger partial charge in [-0.05, 0) is 54.4 Å². The molecule has 1 amide bonds. The fourth-order valence-corrected chi connectivity index (χ4v) is 4.80. The number of carbonyl (C=O) groups excluding carboxylic acids is 1. The second-order valence-electron chi connectivity index (χ2n) is 9.39. The first kappa shape index (κ1) is 26.2. The van der Waals surface area contributed by atoms with Gasteiger partial charge in [-0.1, -0.05) is 12.1 Å². The predicted octanol–water partition coefficient (Wildman–Crippen LogP) is 3.64. The number of amides is 1. The quantitative estimate of drug-likeness (QED) is 0.242. The lowest BCUT2D eigenvalue weighted by Gasteiger charge is -2.29. The molecule has 0 atom stereocenters. The normalized spacial score (nSPS) is 13.4. The zero-order valence-electron chi connectivity index (χ0n) is 22.0. The third-order valence-corrected chi connectivity index (χ3v) is 6.81. The van der Waals surface area contributed by atoms with Gasteiger partial charge in [0.15, 0.2) is 0 Å². The lowest BCUT2D eigenvalue weighted by atomic mass is 9.97. The number of methoxy groups -OCH3 is 1. The van der Waals surface area contributed by atoms with Gasteiger partial charge in [0.05, 0.1) is 25.2 Å². The van der Waals surface area contributed by atoms with Crippen LogP contribution >= 0.6 is 0 Å². The summed E-state index contributed by atoms with van der Waals surface area (Å²) in [5.74, 6) is 0.551. The van der Waals surface area contributed by atoms with E-state index in [-0.39, 0.29) is 5.56 Å². The molecule has 10 heteroatoms. The maximum absolute atomic E-state index is 13.2. The molecule has 1 fully saturated rings. The number of benzene rings is 2. The van der Waals surface area contributed by atoms with Crippen LogP contribution < -0.4 is 26.8 Å². The van der Waals surface area contributed by atoms with Crippen molar-refractivity contribution in [2.75, 3.05) is 62.1 Å². The number of nitrogens with two attached hydrogens (primary N) is 1. The average Bonchev–Trinajstić information content (AvgIpc) is 2.94. The van der Waals surface area contributed by atoms with Crippen molar-refractivity contribution < 1.29 is 14.3 Å². The third kappa shape index (κ3) is 5.71. The van der Waals surface area contributed by atoms with Crippen LogP contribution in [0.1, 0.15) is 15.9 Å². The van der Waals surface area contributed by atoms with Crippen LogP contribution in [0.25, 0.3) is 21.9 Å². The second kappa shape index (κ2) is 11.5. The van der Waals surface area contributed by atoms with Gasteiger partial charge in [-0.3, -0.25) is 9.59 Å². The van der Waals surface area contributed by atoms with Crippen LogP contribution in [-0.2, 0) is 9.47 Å². The fourth-order valence-electron chi connectivity index (χ4n) is 4.80. The van der Waals surface area contributed by atoms with Gasteiger partial charge in [-0.2, -0.15) is 0 Å². The Morgan fingerprint density at radius 1 is 1.15 bits per heavy atom. The van der Waals surface area contributed by atoms with Gasteiger partial charge >= 0.3 is 0 Å². The predicted molar refractivity (Wildman–Crippen MR) is 154 cm³/mol. The number of nitrogens with one attached hydrogen (secondary N) is 3. The minimum absolute atomic E-state index is 0.261. The Hall–Kier alpha value is -4.41. The van der Waals surface area contributed by atoms with Gasteiger partial charge in [0, 0.05) is 60.8 Å². The van der Waals surface area contributed by atoms with Crippen LogP contribution in [0.3, 0.4) is 0 Å². The molecule has 202 valence electrons. The number of hydrogen-bond acceptors (Lipinski definition) is 8. The number of hydrogen-bond donors (Lipinski definition) is 4. The van der Waals surface area contributed by atoms with E-state index in [1.165, 1.54) is 0 Å². The zero-order valence-corrected chi connectivity index (χ0v) is 22.0. The second-order valence-corrected chi connectivity index (χ2v) is 9.39. The molecule has 0 radical (unpaired) electrons. The number of primary amides is 1.